The Kier molecular flexibility index (Phi) is 4.77. The summed E-state index contributed by atoms with van der Waals surface area (Å²) in [5.41, 5.74) is 0.162. The molecule has 0 atom stereocenters. The zero-order valence-corrected chi connectivity index (χ0v) is 14.9. The first-order valence-corrected chi connectivity index (χ1v) is 8.98. The second-order valence-corrected chi connectivity index (χ2v) is 7.99. The lowest BCUT2D eigenvalue weighted by Gasteiger charge is -2.15. The molecule has 1 heterocycles. The van der Waals surface area contributed by atoms with Crippen molar-refractivity contribution in [3.63, 3.8) is 0 Å². The number of hydrogen-bond donors (Lipinski definition) is 0. The van der Waals surface area contributed by atoms with E-state index < -0.39 is 21.1 Å². The molecule has 0 spiro atoms. The molecule has 0 saturated heterocycles. The van der Waals surface area contributed by atoms with Gasteiger partial charge in [-0.3, -0.25) is 0 Å². The molecule has 0 bridgehead atoms. The average Bonchev–Trinajstić information content (AvgIpc) is 2.81. The molecule has 0 aliphatic heterocycles. The van der Waals surface area contributed by atoms with Crippen LogP contribution in [0.25, 0.3) is 5.69 Å². The lowest BCUT2D eigenvalue weighted by Crippen LogP contribution is -2.15. The quantitative estimate of drug-likeness (QED) is 0.737. The summed E-state index contributed by atoms with van der Waals surface area (Å²) in [7, 11) is 4.15. The highest BCUT2D eigenvalue weighted by atomic mass is 35.7. The summed E-state index contributed by atoms with van der Waals surface area (Å²) in [6.07, 6.45) is -4.77. The average molecular weight is 403 g/mol. The van der Waals surface area contributed by atoms with Gasteiger partial charge in [-0.2, -0.15) is 22.8 Å². The molecule has 0 amide bonds. The molecule has 0 saturated carbocycles. The molecule has 2 aromatic rings. The molecule has 2 rings (SSSR count). The zero-order chi connectivity index (χ0) is 18.4. The van der Waals surface area contributed by atoms with E-state index >= 15 is 0 Å². The van der Waals surface area contributed by atoms with Crippen molar-refractivity contribution in [3.8, 4) is 5.69 Å². The highest BCUT2D eigenvalue weighted by Crippen LogP contribution is 2.33. The maximum absolute atomic E-state index is 12.9. The van der Waals surface area contributed by atoms with Gasteiger partial charge in [0.15, 0.2) is 0 Å². The van der Waals surface area contributed by atoms with Crippen molar-refractivity contribution in [1.82, 2.24) is 14.8 Å². The smallest absolute Gasteiger partial charge is 0.347 e. The first kappa shape index (κ1) is 18.8. The van der Waals surface area contributed by atoms with Gasteiger partial charge < -0.3 is 4.90 Å². The Labute approximate surface area is 145 Å². The van der Waals surface area contributed by atoms with Crippen molar-refractivity contribution in [2.24, 2.45) is 0 Å². The van der Waals surface area contributed by atoms with Gasteiger partial charge in [0.05, 0.1) is 15.6 Å². The van der Waals surface area contributed by atoms with Gasteiger partial charge in [0.25, 0.3) is 14.9 Å². The van der Waals surface area contributed by atoms with Crippen LogP contribution in [0.5, 0.6) is 0 Å². The normalized spacial score (nSPS) is 12.5. The number of benzene rings is 1. The van der Waals surface area contributed by atoms with Crippen LogP contribution in [0.4, 0.5) is 19.1 Å². The minimum Gasteiger partial charge on any atom is -0.347 e. The van der Waals surface area contributed by atoms with Crippen molar-refractivity contribution in [3.05, 3.63) is 28.5 Å². The van der Waals surface area contributed by atoms with Crippen LogP contribution >= 0.6 is 22.3 Å². The summed E-state index contributed by atoms with van der Waals surface area (Å²) in [6.45, 7) is 1.46. The third-order valence-electron chi connectivity index (χ3n) is 2.98. The first-order valence-electron chi connectivity index (χ1n) is 6.29. The van der Waals surface area contributed by atoms with E-state index in [1.54, 1.807) is 0 Å². The molecule has 1 aromatic carbocycles. The van der Waals surface area contributed by atoms with Crippen LogP contribution in [0.1, 0.15) is 11.4 Å². The van der Waals surface area contributed by atoms with Crippen molar-refractivity contribution in [2.45, 2.75) is 18.0 Å². The van der Waals surface area contributed by atoms with Gasteiger partial charge in [0.2, 0.25) is 5.95 Å². The van der Waals surface area contributed by atoms with Crippen molar-refractivity contribution in [1.29, 1.82) is 0 Å². The van der Waals surface area contributed by atoms with Crippen LogP contribution in [0.3, 0.4) is 0 Å². The van der Waals surface area contributed by atoms with Crippen molar-refractivity contribution >= 4 is 37.3 Å². The third-order valence-corrected chi connectivity index (χ3v) is 4.75. The fraction of sp³-hybridized carbons (Fsp3) is 0.333. The van der Waals surface area contributed by atoms with Crippen molar-refractivity contribution in [2.75, 3.05) is 19.0 Å². The van der Waals surface area contributed by atoms with Crippen LogP contribution < -0.4 is 4.90 Å². The van der Waals surface area contributed by atoms with Gasteiger partial charge in [0, 0.05) is 24.8 Å². The van der Waals surface area contributed by atoms with Crippen LogP contribution in [0.15, 0.2) is 17.0 Å². The summed E-state index contributed by atoms with van der Waals surface area (Å²) < 4.78 is 62.7. The second kappa shape index (κ2) is 6.08. The highest BCUT2D eigenvalue weighted by Gasteiger charge is 2.38. The molecule has 6 nitrogen and oxygen atoms in total. The van der Waals surface area contributed by atoms with Gasteiger partial charge in [-0.05, 0) is 24.6 Å². The number of nitrogens with zero attached hydrogens (tertiary/aromatic N) is 4. The maximum Gasteiger partial charge on any atom is 0.453 e. The molecule has 132 valence electrons. The zero-order valence-electron chi connectivity index (χ0n) is 12.6. The number of halogens is 5. The molecule has 0 aliphatic rings. The number of rotatable bonds is 3. The molecule has 0 aliphatic carbocycles. The second-order valence-electron chi connectivity index (χ2n) is 5.05. The van der Waals surface area contributed by atoms with E-state index in [4.69, 9.17) is 22.3 Å². The van der Waals surface area contributed by atoms with E-state index in [1.165, 1.54) is 32.0 Å². The monoisotopic (exact) mass is 402 g/mol. The first-order chi connectivity index (χ1) is 10.8. The summed E-state index contributed by atoms with van der Waals surface area (Å²) in [5.74, 6) is -1.55. The summed E-state index contributed by atoms with van der Waals surface area (Å²) in [4.78, 5) is 4.43. The number of aromatic nitrogens is 3. The van der Waals surface area contributed by atoms with E-state index in [9.17, 15) is 21.6 Å². The Morgan fingerprint density at radius 3 is 2.29 bits per heavy atom. The van der Waals surface area contributed by atoms with Gasteiger partial charge in [0.1, 0.15) is 0 Å². The molecule has 0 fully saturated rings. The Morgan fingerprint density at radius 2 is 1.83 bits per heavy atom. The number of hydrogen-bond acceptors (Lipinski definition) is 5. The number of aryl methyl sites for hydroxylation is 1. The Bertz CT molecular complexity index is 894. The molecule has 0 unspecified atom stereocenters. The van der Waals surface area contributed by atoms with E-state index in [2.05, 4.69) is 10.1 Å². The summed E-state index contributed by atoms with van der Waals surface area (Å²) in [6, 6.07) is 2.34. The third kappa shape index (κ3) is 3.60. The topological polar surface area (TPSA) is 68.1 Å². The van der Waals surface area contributed by atoms with E-state index in [-0.39, 0.29) is 27.1 Å². The number of alkyl halides is 3. The predicted octanol–water partition coefficient (Wildman–Crippen LogP) is 3.24. The Balaban J connectivity index is 2.79. The standard InChI is InChI=1S/C12H11Cl2F3N4O2S/c1-6-4-7(13)8(5-9(6)24(14,22)23)21-11(20(2)3)18-10(19-21)12(15,16)17/h4-5H,1-3H3. The Morgan fingerprint density at radius 1 is 1.25 bits per heavy atom. The molecule has 24 heavy (non-hydrogen) atoms. The maximum atomic E-state index is 12.9. The van der Waals surface area contributed by atoms with E-state index in [1.807, 2.05) is 0 Å². The van der Waals surface area contributed by atoms with Gasteiger partial charge in [-0.1, -0.05) is 11.6 Å². The fourth-order valence-electron chi connectivity index (χ4n) is 1.94. The predicted molar refractivity (Wildman–Crippen MR) is 83.5 cm³/mol. The van der Waals surface area contributed by atoms with Crippen LogP contribution in [-0.2, 0) is 15.2 Å². The lowest BCUT2D eigenvalue weighted by molar-refractivity contribution is -0.144. The largest absolute Gasteiger partial charge is 0.453 e. The number of anilines is 1. The van der Waals surface area contributed by atoms with E-state index in [0.29, 0.717) is 0 Å². The summed E-state index contributed by atoms with van der Waals surface area (Å²) in [5, 5.41) is 3.40. The van der Waals surface area contributed by atoms with Crippen LogP contribution in [0.2, 0.25) is 5.02 Å². The minimum atomic E-state index is -4.77. The molecule has 1 aromatic heterocycles. The van der Waals surface area contributed by atoms with E-state index in [0.717, 1.165) is 10.7 Å². The van der Waals surface area contributed by atoms with Crippen molar-refractivity contribution < 1.29 is 21.6 Å². The molecule has 12 heteroatoms. The molecule has 0 N–H and O–H groups in total. The van der Waals surface area contributed by atoms with Gasteiger partial charge >= 0.3 is 6.18 Å². The SMILES string of the molecule is Cc1cc(Cl)c(-n2nc(C(F)(F)F)nc2N(C)C)cc1S(=O)(=O)Cl. The van der Waals surface area contributed by atoms with Crippen LogP contribution in [-0.4, -0.2) is 37.3 Å². The minimum absolute atomic E-state index is 0.00158. The summed E-state index contributed by atoms with van der Waals surface area (Å²) >= 11 is 6.06. The Hall–Kier alpha value is -1.52. The van der Waals surface area contributed by atoms with Crippen LogP contribution in [0, 0.1) is 6.92 Å². The lowest BCUT2D eigenvalue weighted by atomic mass is 10.2. The fourth-order valence-corrected chi connectivity index (χ4v) is 3.44. The highest BCUT2D eigenvalue weighted by molar-refractivity contribution is 8.13. The molecular formula is C12H11Cl2F3N4O2S. The van der Waals surface area contributed by atoms with Gasteiger partial charge in [-0.15, -0.1) is 5.10 Å². The molecular weight excluding hydrogens is 392 g/mol. The molecule has 0 radical (unpaired) electrons. The van der Waals surface area contributed by atoms with Gasteiger partial charge in [-0.25, -0.2) is 8.42 Å².